The van der Waals surface area contributed by atoms with Gasteiger partial charge < -0.3 is 9.73 Å². The highest BCUT2D eigenvalue weighted by atomic mass is 32.2. The van der Waals surface area contributed by atoms with Crippen LogP contribution >= 0.6 is 0 Å². The van der Waals surface area contributed by atoms with Crippen LogP contribution in [0.1, 0.15) is 28.9 Å². The quantitative estimate of drug-likeness (QED) is 0.538. The summed E-state index contributed by atoms with van der Waals surface area (Å²) in [6.45, 7) is -0.917. The molecule has 1 aromatic heterocycles. The molecule has 0 radical (unpaired) electrons. The van der Waals surface area contributed by atoms with Crippen molar-refractivity contribution in [3.63, 3.8) is 0 Å². The summed E-state index contributed by atoms with van der Waals surface area (Å²) in [5.74, 6) is -0.370. The molecule has 10 heteroatoms. The maximum absolute atomic E-state index is 13.2. The van der Waals surface area contributed by atoms with Crippen molar-refractivity contribution in [2.24, 2.45) is 0 Å². The Morgan fingerprint density at radius 1 is 1.03 bits per heavy atom. The fraction of sp³-hybridized carbons (Fsp3) is 0.261. The minimum atomic E-state index is -4.71. The third kappa shape index (κ3) is 5.28. The van der Waals surface area contributed by atoms with Crippen LogP contribution in [0.25, 0.3) is 0 Å². The van der Waals surface area contributed by atoms with Gasteiger partial charge in [-0.3, -0.25) is 4.79 Å². The third-order valence-corrected chi connectivity index (χ3v) is 7.20. The summed E-state index contributed by atoms with van der Waals surface area (Å²) in [6.07, 6.45) is -0.431. The number of carbonyl (C=O) groups is 1. The first-order chi connectivity index (χ1) is 15.6. The topological polar surface area (TPSA) is 79.6 Å². The van der Waals surface area contributed by atoms with Gasteiger partial charge in [-0.05, 0) is 72.9 Å². The number of anilines is 1. The molecule has 6 nitrogen and oxygen atoms in total. The second kappa shape index (κ2) is 9.03. The van der Waals surface area contributed by atoms with E-state index < -0.39 is 39.1 Å². The lowest BCUT2D eigenvalue weighted by Crippen LogP contribution is -2.37. The maximum Gasteiger partial charge on any atom is 0.416 e. The van der Waals surface area contributed by atoms with Crippen molar-refractivity contribution in [3.8, 4) is 0 Å². The molecule has 0 fully saturated rings. The smallest absolute Gasteiger partial charge is 0.416 e. The van der Waals surface area contributed by atoms with Gasteiger partial charge in [-0.1, -0.05) is 12.1 Å². The Labute approximate surface area is 189 Å². The lowest BCUT2D eigenvalue weighted by atomic mass is 10.1. The monoisotopic (exact) mass is 478 g/mol. The molecule has 3 aromatic rings. The molecule has 1 heterocycles. The molecule has 0 unspecified atom stereocenters. The number of hydrogen-bond donors (Lipinski definition) is 1. The molecule has 0 saturated heterocycles. The highest BCUT2D eigenvalue weighted by Crippen LogP contribution is 2.31. The fourth-order valence-corrected chi connectivity index (χ4v) is 5.20. The SMILES string of the molecule is O=C(CN(Cc1ccco1)S(=O)(=O)c1cccc(C(F)(F)F)c1)Nc1ccc2c(c1)CCC2. The Kier molecular flexibility index (Phi) is 6.31. The number of halogens is 3. The fourth-order valence-electron chi connectivity index (χ4n) is 3.79. The highest BCUT2D eigenvalue weighted by molar-refractivity contribution is 7.89. The summed E-state index contributed by atoms with van der Waals surface area (Å²) in [5.41, 5.74) is 1.80. The van der Waals surface area contributed by atoms with Crippen LogP contribution in [0.4, 0.5) is 18.9 Å². The first-order valence-electron chi connectivity index (χ1n) is 10.2. The lowest BCUT2D eigenvalue weighted by Gasteiger charge is -2.21. The number of nitrogens with one attached hydrogen (secondary N) is 1. The van der Waals surface area contributed by atoms with E-state index in [9.17, 15) is 26.4 Å². The van der Waals surface area contributed by atoms with E-state index in [0.29, 0.717) is 11.8 Å². The van der Waals surface area contributed by atoms with Gasteiger partial charge in [0.15, 0.2) is 0 Å². The van der Waals surface area contributed by atoms with E-state index >= 15 is 0 Å². The average Bonchev–Trinajstić information content (AvgIpc) is 3.44. The molecule has 4 rings (SSSR count). The van der Waals surface area contributed by atoms with Crippen LogP contribution in [0.2, 0.25) is 0 Å². The molecule has 1 N–H and O–H groups in total. The van der Waals surface area contributed by atoms with Gasteiger partial charge in [-0.15, -0.1) is 0 Å². The van der Waals surface area contributed by atoms with Crippen molar-refractivity contribution in [3.05, 3.63) is 83.3 Å². The van der Waals surface area contributed by atoms with Gasteiger partial charge in [0, 0.05) is 5.69 Å². The summed E-state index contributed by atoms with van der Waals surface area (Å²) in [4.78, 5) is 12.2. The zero-order chi connectivity index (χ0) is 23.6. The number of carbonyl (C=O) groups excluding carboxylic acids is 1. The van der Waals surface area contributed by atoms with Crippen molar-refractivity contribution >= 4 is 21.6 Å². The molecule has 0 atom stereocenters. The summed E-state index contributed by atoms with van der Waals surface area (Å²) < 4.78 is 71.8. The molecule has 2 aromatic carbocycles. The Morgan fingerprint density at radius 3 is 2.55 bits per heavy atom. The van der Waals surface area contributed by atoms with Gasteiger partial charge in [0.1, 0.15) is 5.76 Å². The van der Waals surface area contributed by atoms with Crippen molar-refractivity contribution in [1.82, 2.24) is 4.31 Å². The Hall–Kier alpha value is -3.11. The summed E-state index contributed by atoms with van der Waals surface area (Å²) >= 11 is 0. The van der Waals surface area contributed by atoms with Gasteiger partial charge in [-0.25, -0.2) is 8.42 Å². The van der Waals surface area contributed by atoms with E-state index in [0.717, 1.165) is 47.3 Å². The maximum atomic E-state index is 13.2. The zero-order valence-electron chi connectivity index (χ0n) is 17.4. The van der Waals surface area contributed by atoms with Crippen molar-refractivity contribution in [2.45, 2.75) is 36.9 Å². The van der Waals surface area contributed by atoms with Crippen LogP contribution in [0.3, 0.4) is 0 Å². The highest BCUT2D eigenvalue weighted by Gasteiger charge is 2.34. The van der Waals surface area contributed by atoms with E-state index in [1.54, 1.807) is 12.1 Å². The summed E-state index contributed by atoms with van der Waals surface area (Å²) in [7, 11) is -4.44. The van der Waals surface area contributed by atoms with Crippen LogP contribution in [0.5, 0.6) is 0 Å². The number of furan rings is 1. The zero-order valence-corrected chi connectivity index (χ0v) is 18.2. The third-order valence-electron chi connectivity index (χ3n) is 5.41. The molecule has 0 saturated carbocycles. The molecule has 1 aliphatic carbocycles. The van der Waals surface area contributed by atoms with Crippen molar-refractivity contribution < 1.29 is 30.8 Å². The molecule has 1 aliphatic rings. The molecule has 1 amide bonds. The molecule has 33 heavy (non-hydrogen) atoms. The van der Waals surface area contributed by atoms with E-state index in [-0.39, 0.29) is 12.3 Å². The number of amides is 1. The average molecular weight is 478 g/mol. The number of benzene rings is 2. The predicted octanol–water partition coefficient (Wildman–Crippen LogP) is 4.62. The van der Waals surface area contributed by atoms with Crippen LogP contribution in [0.15, 0.2) is 70.2 Å². The minimum Gasteiger partial charge on any atom is -0.468 e. The van der Waals surface area contributed by atoms with Crippen LogP contribution in [-0.2, 0) is 40.4 Å². The molecular formula is C23H21F3N2O4S. The van der Waals surface area contributed by atoms with Gasteiger partial charge >= 0.3 is 6.18 Å². The van der Waals surface area contributed by atoms with Crippen LogP contribution < -0.4 is 5.32 Å². The molecule has 0 spiro atoms. The first kappa shape index (κ1) is 23.1. The lowest BCUT2D eigenvalue weighted by molar-refractivity contribution is -0.137. The predicted molar refractivity (Wildman–Crippen MR) is 115 cm³/mol. The second-order valence-electron chi connectivity index (χ2n) is 7.76. The van der Waals surface area contributed by atoms with Gasteiger partial charge in [0.25, 0.3) is 0 Å². The van der Waals surface area contributed by atoms with Crippen molar-refractivity contribution in [1.29, 1.82) is 0 Å². The normalized spacial score (nSPS) is 13.8. The van der Waals surface area contributed by atoms with E-state index in [1.807, 2.05) is 12.1 Å². The van der Waals surface area contributed by atoms with E-state index in [1.165, 1.54) is 17.9 Å². The minimum absolute atomic E-state index is 0.246. The number of rotatable bonds is 7. The standard InChI is InChI=1S/C23H21F3N2O4S/c24-23(25,26)18-6-2-8-21(13-18)33(30,31)28(14-20-7-3-11-32-20)15-22(29)27-19-10-9-16-4-1-5-17(16)12-19/h2-3,6-13H,1,4-5,14-15H2,(H,27,29). The second-order valence-corrected chi connectivity index (χ2v) is 9.70. The number of fused-ring (bicyclic) bond motifs is 1. The molecule has 0 aliphatic heterocycles. The van der Waals surface area contributed by atoms with Gasteiger partial charge in [-0.2, -0.15) is 17.5 Å². The number of nitrogens with zero attached hydrogens (tertiary/aromatic N) is 1. The molecular weight excluding hydrogens is 457 g/mol. The Bertz CT molecular complexity index is 1250. The van der Waals surface area contributed by atoms with Crippen LogP contribution in [0, 0.1) is 0 Å². The molecule has 0 bridgehead atoms. The summed E-state index contributed by atoms with van der Waals surface area (Å²) in [6, 6.07) is 12.0. The molecule has 174 valence electrons. The number of sulfonamides is 1. The number of hydrogen-bond acceptors (Lipinski definition) is 4. The van der Waals surface area contributed by atoms with E-state index in [2.05, 4.69) is 5.32 Å². The number of aryl methyl sites for hydroxylation is 2. The van der Waals surface area contributed by atoms with Crippen LogP contribution in [-0.4, -0.2) is 25.2 Å². The summed E-state index contributed by atoms with van der Waals surface area (Å²) in [5, 5.41) is 2.69. The largest absolute Gasteiger partial charge is 0.468 e. The van der Waals surface area contributed by atoms with E-state index in [4.69, 9.17) is 4.42 Å². The van der Waals surface area contributed by atoms with Crippen molar-refractivity contribution in [2.75, 3.05) is 11.9 Å². The van der Waals surface area contributed by atoms with Gasteiger partial charge in [0.2, 0.25) is 15.9 Å². The Morgan fingerprint density at radius 2 is 1.82 bits per heavy atom. The number of alkyl halides is 3. The first-order valence-corrected chi connectivity index (χ1v) is 11.7. The Balaban J connectivity index is 1.59. The van der Waals surface area contributed by atoms with Gasteiger partial charge in [0.05, 0.1) is 29.8 Å².